The zero-order chi connectivity index (χ0) is 26.7. The summed E-state index contributed by atoms with van der Waals surface area (Å²) < 4.78 is 9.95. The first-order valence-corrected chi connectivity index (χ1v) is 14.0. The van der Waals surface area contributed by atoms with Crippen molar-refractivity contribution in [2.75, 3.05) is 16.6 Å². The van der Waals surface area contributed by atoms with E-state index in [0.29, 0.717) is 23.8 Å². The number of hydrogen-bond acceptors (Lipinski definition) is 6. The Hall–Kier alpha value is -3.51. The van der Waals surface area contributed by atoms with Crippen molar-refractivity contribution in [3.63, 3.8) is 0 Å². The van der Waals surface area contributed by atoms with Crippen molar-refractivity contribution < 1.29 is 4.74 Å². The molecule has 0 amide bonds. The summed E-state index contributed by atoms with van der Waals surface area (Å²) >= 11 is 1.49. The number of benzene rings is 3. The van der Waals surface area contributed by atoms with Gasteiger partial charge in [0.05, 0.1) is 12.2 Å². The highest BCUT2D eigenvalue weighted by molar-refractivity contribution is 8.00. The smallest absolute Gasteiger partial charge is 0.237 e. The van der Waals surface area contributed by atoms with Crippen molar-refractivity contribution in [3.8, 4) is 17.1 Å². The van der Waals surface area contributed by atoms with E-state index in [1.165, 1.54) is 28.6 Å². The summed E-state index contributed by atoms with van der Waals surface area (Å²) in [6.45, 7) is 11.7. The van der Waals surface area contributed by atoms with Crippen molar-refractivity contribution in [2.45, 2.75) is 58.5 Å². The topological polar surface area (TPSA) is 59.1 Å². The number of aromatic nitrogens is 2. The number of anilines is 2. The summed E-state index contributed by atoms with van der Waals surface area (Å²) in [6.07, 6.45) is 1.99. The van der Waals surface area contributed by atoms with Crippen LogP contribution in [-0.4, -0.2) is 16.5 Å². The molecule has 0 radical (unpaired) electrons. The van der Waals surface area contributed by atoms with Crippen LogP contribution in [0.3, 0.4) is 0 Å². The number of rotatable bonds is 4. The first-order valence-electron chi connectivity index (χ1n) is 13.2. The normalized spacial score (nSPS) is 15.3. The fourth-order valence-corrected chi connectivity index (χ4v) is 5.29. The monoisotopic (exact) mass is 524 g/mol. The molecule has 1 aliphatic heterocycles. The molecular weight excluding hydrogens is 488 g/mol. The maximum atomic E-state index is 6.62. The standard InChI is InChI=1S/C32H36N4OS/c1-21-8-6-9-22(2)30(21)27-19-29-35-31(34-27)36-38-26-11-7-10-25(18-26)33-20-28(37-29)24-14-12-23(13-15-24)16-17-32(3,4)5/h6-15,18-19,28,33H,16-17,20H2,1-5H3,(H,34,35,36). The van der Waals surface area contributed by atoms with Gasteiger partial charge in [-0.25, -0.2) is 4.98 Å². The van der Waals surface area contributed by atoms with Crippen molar-refractivity contribution in [1.29, 1.82) is 0 Å². The van der Waals surface area contributed by atoms with Gasteiger partial charge in [-0.3, -0.25) is 4.72 Å². The van der Waals surface area contributed by atoms with Crippen LogP contribution in [0.5, 0.6) is 5.88 Å². The van der Waals surface area contributed by atoms with Gasteiger partial charge in [-0.05, 0) is 84.5 Å². The molecule has 38 heavy (non-hydrogen) atoms. The number of fused-ring (bicyclic) bond motifs is 4. The first-order chi connectivity index (χ1) is 18.2. The molecule has 196 valence electrons. The Bertz CT molecular complexity index is 1390. The van der Waals surface area contributed by atoms with Gasteiger partial charge < -0.3 is 10.1 Å². The van der Waals surface area contributed by atoms with Gasteiger partial charge >= 0.3 is 0 Å². The van der Waals surface area contributed by atoms with Crippen molar-refractivity contribution in [2.24, 2.45) is 5.41 Å². The fourth-order valence-electron chi connectivity index (χ4n) is 4.65. The largest absolute Gasteiger partial charge is 0.467 e. The van der Waals surface area contributed by atoms with Crippen molar-refractivity contribution >= 4 is 23.6 Å². The molecule has 5 rings (SSSR count). The Morgan fingerprint density at radius 2 is 1.66 bits per heavy atom. The van der Waals surface area contributed by atoms with Gasteiger partial charge in [-0.1, -0.05) is 69.3 Å². The molecule has 0 saturated heterocycles. The highest BCUT2D eigenvalue weighted by Gasteiger charge is 2.19. The maximum absolute atomic E-state index is 6.62. The minimum absolute atomic E-state index is 0.226. The highest BCUT2D eigenvalue weighted by atomic mass is 32.2. The summed E-state index contributed by atoms with van der Waals surface area (Å²) in [5.74, 6) is 1.08. The molecule has 1 aliphatic rings. The summed E-state index contributed by atoms with van der Waals surface area (Å²) in [5, 5.41) is 3.57. The minimum Gasteiger partial charge on any atom is -0.467 e. The minimum atomic E-state index is -0.226. The molecule has 0 saturated carbocycles. The van der Waals surface area contributed by atoms with E-state index < -0.39 is 0 Å². The number of ether oxygens (including phenoxy) is 1. The SMILES string of the molecule is Cc1cccc(C)c1-c1cc2nc(n1)NSc1cccc(c1)NCC(c1ccc(CCC(C)(C)C)cc1)O2. The zero-order valence-corrected chi connectivity index (χ0v) is 23.7. The van der Waals surface area contributed by atoms with Gasteiger partial charge in [-0.2, -0.15) is 4.98 Å². The molecule has 2 heterocycles. The van der Waals surface area contributed by atoms with Crippen LogP contribution < -0.4 is 14.8 Å². The summed E-state index contributed by atoms with van der Waals surface area (Å²) in [5.41, 5.74) is 8.13. The molecule has 2 N–H and O–H groups in total. The van der Waals surface area contributed by atoms with Crippen LogP contribution in [0.2, 0.25) is 0 Å². The lowest BCUT2D eigenvalue weighted by molar-refractivity contribution is 0.210. The lowest BCUT2D eigenvalue weighted by Gasteiger charge is -2.23. The molecule has 3 aromatic carbocycles. The number of nitrogens with zero attached hydrogens (tertiary/aromatic N) is 2. The van der Waals surface area contributed by atoms with Crippen molar-refractivity contribution in [3.05, 3.63) is 95.1 Å². The molecule has 1 unspecified atom stereocenters. The second-order valence-corrected chi connectivity index (χ2v) is 12.1. The Morgan fingerprint density at radius 3 is 2.39 bits per heavy atom. The average Bonchev–Trinajstić information content (AvgIpc) is 2.88. The third-order valence-electron chi connectivity index (χ3n) is 6.80. The fraction of sp³-hybridized carbons (Fsp3) is 0.312. The molecule has 0 aliphatic carbocycles. The Morgan fingerprint density at radius 1 is 0.921 bits per heavy atom. The van der Waals surface area contributed by atoms with Gasteiger partial charge in [0.15, 0.2) is 0 Å². The molecule has 5 nitrogen and oxygen atoms in total. The average molecular weight is 525 g/mol. The molecule has 4 bridgehead atoms. The summed E-state index contributed by atoms with van der Waals surface area (Å²) in [6, 6.07) is 25.4. The number of nitrogens with one attached hydrogen (secondary N) is 2. The van der Waals surface area contributed by atoms with Gasteiger partial charge in [0.25, 0.3) is 0 Å². The molecule has 4 aromatic rings. The predicted molar refractivity (Wildman–Crippen MR) is 159 cm³/mol. The van der Waals surface area contributed by atoms with Crippen LogP contribution in [-0.2, 0) is 6.42 Å². The molecular formula is C32H36N4OS. The second-order valence-electron chi connectivity index (χ2n) is 11.2. The second kappa shape index (κ2) is 11.1. The molecule has 0 fully saturated rings. The van der Waals surface area contributed by atoms with Gasteiger partial charge in [0.2, 0.25) is 11.8 Å². The van der Waals surface area contributed by atoms with E-state index in [9.17, 15) is 0 Å². The van der Waals surface area contributed by atoms with E-state index >= 15 is 0 Å². The highest BCUT2D eigenvalue weighted by Crippen LogP contribution is 2.33. The lowest BCUT2D eigenvalue weighted by atomic mass is 9.88. The van der Waals surface area contributed by atoms with Crippen LogP contribution in [0, 0.1) is 19.3 Å². The Labute approximate surface area is 230 Å². The van der Waals surface area contributed by atoms with E-state index in [1.807, 2.05) is 6.07 Å². The molecule has 1 aromatic heterocycles. The third kappa shape index (κ3) is 6.48. The van der Waals surface area contributed by atoms with Crippen LogP contribution in [0.25, 0.3) is 11.3 Å². The van der Waals surface area contributed by atoms with Crippen molar-refractivity contribution in [1.82, 2.24) is 9.97 Å². The van der Waals surface area contributed by atoms with E-state index in [2.05, 4.69) is 111 Å². The van der Waals surface area contributed by atoms with Crippen LogP contribution in [0.4, 0.5) is 11.6 Å². The van der Waals surface area contributed by atoms with Crippen LogP contribution >= 0.6 is 11.9 Å². The van der Waals surface area contributed by atoms with E-state index in [0.717, 1.165) is 40.2 Å². The Balaban J connectivity index is 1.51. The molecule has 6 heteroatoms. The molecule has 0 spiro atoms. The number of hydrogen-bond donors (Lipinski definition) is 2. The van der Waals surface area contributed by atoms with E-state index in [1.54, 1.807) is 0 Å². The number of aryl methyl sites for hydroxylation is 3. The third-order valence-corrected chi connectivity index (χ3v) is 7.58. The van der Waals surface area contributed by atoms with Crippen LogP contribution in [0.15, 0.2) is 77.7 Å². The quantitative estimate of drug-likeness (QED) is 0.261. The maximum Gasteiger partial charge on any atom is 0.237 e. The lowest BCUT2D eigenvalue weighted by Crippen LogP contribution is -2.19. The summed E-state index contributed by atoms with van der Waals surface area (Å²) in [4.78, 5) is 10.7. The van der Waals surface area contributed by atoms with E-state index in [4.69, 9.17) is 14.7 Å². The summed E-state index contributed by atoms with van der Waals surface area (Å²) in [7, 11) is 0. The Kier molecular flexibility index (Phi) is 7.61. The van der Waals surface area contributed by atoms with Gasteiger partial charge in [-0.15, -0.1) is 0 Å². The zero-order valence-electron chi connectivity index (χ0n) is 22.8. The van der Waals surface area contributed by atoms with Gasteiger partial charge in [0, 0.05) is 22.2 Å². The van der Waals surface area contributed by atoms with Gasteiger partial charge in [0.1, 0.15) is 6.10 Å². The first kappa shape index (κ1) is 26.1. The van der Waals surface area contributed by atoms with E-state index in [-0.39, 0.29) is 6.10 Å². The molecule has 1 atom stereocenters. The predicted octanol–water partition coefficient (Wildman–Crippen LogP) is 8.40. The van der Waals surface area contributed by atoms with Crippen LogP contribution in [0.1, 0.15) is 55.5 Å².